The van der Waals surface area contributed by atoms with E-state index in [1.807, 2.05) is 0 Å². The van der Waals surface area contributed by atoms with E-state index in [0.29, 0.717) is 0 Å². The van der Waals surface area contributed by atoms with Crippen LogP contribution in [0.4, 0.5) is 0 Å². The van der Waals surface area contributed by atoms with Crippen molar-refractivity contribution >= 4 is 5.97 Å². The minimum atomic E-state index is -0.394. The Morgan fingerprint density at radius 1 is 1.07 bits per heavy atom. The molecule has 0 saturated carbocycles. The Labute approximate surface area is 100 Å². The van der Waals surface area contributed by atoms with Gasteiger partial charge in [0.15, 0.2) is 0 Å². The molecule has 0 heterocycles. The van der Waals surface area contributed by atoms with Crippen LogP contribution in [0.25, 0.3) is 0 Å². The summed E-state index contributed by atoms with van der Waals surface area (Å²) >= 11 is 0. The van der Waals surface area contributed by atoms with Gasteiger partial charge in [-0.05, 0) is 0 Å². The topological polar surface area (TPSA) is 106 Å². The third-order valence-electron chi connectivity index (χ3n) is 0.368. The Hall–Kier alpha value is -1.21. The Morgan fingerprint density at radius 2 is 1.27 bits per heavy atom. The van der Waals surface area contributed by atoms with Crippen LogP contribution in [-0.4, -0.2) is 13.1 Å². The fraction of sp³-hybridized carbons (Fsp3) is 0.125. The minimum absolute atomic E-state index is 0. The van der Waals surface area contributed by atoms with Crippen LogP contribution >= 0.6 is 0 Å². The van der Waals surface area contributed by atoms with Crippen molar-refractivity contribution < 1.29 is 47.6 Å². The van der Waals surface area contributed by atoms with Crippen LogP contribution in [0.3, 0.4) is 0 Å². The quantitative estimate of drug-likeness (QED) is 0.227. The van der Waals surface area contributed by atoms with Crippen LogP contribution in [-0.2, 0) is 47.6 Å². The number of esters is 1. The van der Waals surface area contributed by atoms with Gasteiger partial charge in [0.05, 0.1) is 7.11 Å². The van der Waals surface area contributed by atoms with E-state index < -0.39 is 5.97 Å². The van der Waals surface area contributed by atoms with Gasteiger partial charge in [0, 0.05) is 25.6 Å². The first-order chi connectivity index (χ1) is 6.81. The summed E-state index contributed by atoms with van der Waals surface area (Å²) in [7, 11) is 1.31. The molecule has 0 bridgehead atoms. The average molecular weight is 299 g/mol. The second kappa shape index (κ2) is 124. The first-order valence-corrected chi connectivity index (χ1v) is 2.33. The van der Waals surface area contributed by atoms with E-state index >= 15 is 0 Å². The van der Waals surface area contributed by atoms with E-state index in [2.05, 4.69) is 37.9 Å². The molecule has 6 nitrogen and oxygen atoms in total. The normalized spacial score (nSPS) is 3.27. The molecular weight excluding hydrogens is 293 g/mol. The van der Waals surface area contributed by atoms with Crippen molar-refractivity contribution in [2.24, 2.45) is 0 Å². The van der Waals surface area contributed by atoms with E-state index in [-0.39, 0.29) is 19.5 Å². The van der Waals surface area contributed by atoms with Crippen molar-refractivity contribution in [1.29, 1.82) is 0 Å². The maximum atomic E-state index is 9.84. The molecule has 0 aromatic carbocycles. The minimum Gasteiger partial charge on any atom is 0 e. The molecule has 0 rings (SSSR count). The molecule has 0 aromatic heterocycles. The summed E-state index contributed by atoms with van der Waals surface area (Å²) in [4.78, 5) is 9.84. The van der Waals surface area contributed by atoms with Gasteiger partial charge in [-0.15, -0.1) is 0 Å². The molecule has 0 aliphatic heterocycles. The predicted octanol–water partition coefficient (Wildman–Crippen LogP) is 0.193. The van der Waals surface area contributed by atoms with E-state index in [4.69, 9.17) is 18.6 Å². The van der Waals surface area contributed by atoms with Gasteiger partial charge >= 0.3 is 51.2 Å². The van der Waals surface area contributed by atoms with E-state index in [9.17, 15) is 4.79 Å². The van der Waals surface area contributed by atoms with E-state index in [0.717, 1.165) is 6.08 Å². The van der Waals surface area contributed by atoms with Gasteiger partial charge in [0.25, 0.3) is 0 Å². The molecule has 0 aliphatic rings. The van der Waals surface area contributed by atoms with Crippen LogP contribution < -0.4 is 0 Å². The number of ether oxygens (including phenoxy) is 1. The van der Waals surface area contributed by atoms with E-state index in [1.54, 1.807) is 0 Å². The molecule has 0 aromatic rings. The van der Waals surface area contributed by atoms with Crippen molar-refractivity contribution in [1.82, 2.24) is 0 Å². The summed E-state index contributed by atoms with van der Waals surface area (Å²) in [5.41, 5.74) is 0. The summed E-state index contributed by atoms with van der Waals surface area (Å²) in [6.45, 7) is 21.2. The van der Waals surface area contributed by atoms with Crippen molar-refractivity contribution in [2.75, 3.05) is 7.11 Å². The molecule has 82 valence electrons. The Bertz CT molecular complexity index is 166. The van der Waals surface area contributed by atoms with Crippen molar-refractivity contribution in [2.45, 2.75) is 0 Å². The maximum absolute atomic E-state index is 9.84. The largest absolute Gasteiger partial charge is 0 e. The second-order valence-electron chi connectivity index (χ2n) is 0.727. The van der Waals surface area contributed by atoms with Crippen LogP contribution in [0.2, 0.25) is 0 Å². The standard InChI is InChI=1S/C4H6O2.4CO.Ru/c1-3-4(5)6-2;4*1-2;/h3H,1H2,2H3;;;;;. The predicted molar refractivity (Wildman–Crippen MR) is 37.9 cm³/mol. The zero-order chi connectivity index (χ0) is 13.0. The molecule has 0 amide bonds. The molecular formula is C8H6O6Ru. The molecule has 7 heteroatoms. The molecule has 0 spiro atoms. The first kappa shape index (κ1) is 37.2. The van der Waals surface area contributed by atoms with Crippen molar-refractivity contribution in [3.8, 4) is 0 Å². The Morgan fingerprint density at radius 3 is 1.27 bits per heavy atom. The van der Waals surface area contributed by atoms with Gasteiger partial charge in [-0.3, -0.25) is 0 Å². The van der Waals surface area contributed by atoms with E-state index in [1.165, 1.54) is 7.11 Å². The van der Waals surface area contributed by atoms with Gasteiger partial charge in [-0.2, -0.15) is 0 Å². The maximum Gasteiger partial charge on any atom is 0 e. The zero-order valence-electron chi connectivity index (χ0n) is 7.59. The molecule has 0 aliphatic carbocycles. The monoisotopic (exact) mass is 300 g/mol. The molecule has 0 saturated heterocycles. The van der Waals surface area contributed by atoms with Crippen molar-refractivity contribution in [3.05, 3.63) is 39.3 Å². The number of rotatable bonds is 1. The van der Waals surface area contributed by atoms with Gasteiger partial charge in [0.1, 0.15) is 0 Å². The number of hydrogen-bond acceptors (Lipinski definition) is 2. The molecule has 0 radical (unpaired) electrons. The first-order valence-electron chi connectivity index (χ1n) is 2.33. The molecule has 0 fully saturated rings. The second-order valence-corrected chi connectivity index (χ2v) is 0.727. The number of methoxy groups -OCH3 is 1. The number of carbonyl (C=O) groups excluding carboxylic acids is 1. The number of hydrogen-bond donors (Lipinski definition) is 0. The van der Waals surface area contributed by atoms with Crippen LogP contribution in [0.5, 0.6) is 0 Å². The average Bonchev–Trinajstić information content (AvgIpc) is 2.38. The fourth-order valence-corrected chi connectivity index (χ4v) is 0.0833. The summed E-state index contributed by atoms with van der Waals surface area (Å²) in [6, 6.07) is 0. The molecule has 0 unspecified atom stereocenters. The SMILES string of the molecule is C=CC(=O)OC.[C-]#[O+].[C-]#[O+].[C-]#[O+].[C-]#[O+].[Ru]. The zero-order valence-corrected chi connectivity index (χ0v) is 9.33. The third kappa shape index (κ3) is 191. The molecule has 0 atom stereocenters. The Balaban J connectivity index is -0.0000000194. The van der Waals surface area contributed by atoms with Gasteiger partial charge in [0.2, 0.25) is 0 Å². The third-order valence-corrected chi connectivity index (χ3v) is 0.368. The van der Waals surface area contributed by atoms with Crippen LogP contribution in [0.1, 0.15) is 0 Å². The molecule has 15 heavy (non-hydrogen) atoms. The van der Waals surface area contributed by atoms with Gasteiger partial charge in [-0.1, -0.05) is 6.58 Å². The van der Waals surface area contributed by atoms with Crippen LogP contribution in [0.15, 0.2) is 12.7 Å². The number of carbonyl (C=O) groups is 1. The molecule has 0 N–H and O–H groups in total. The summed E-state index contributed by atoms with van der Waals surface area (Å²) in [5.74, 6) is -0.394. The summed E-state index contributed by atoms with van der Waals surface area (Å²) < 4.78 is 34.1. The summed E-state index contributed by atoms with van der Waals surface area (Å²) in [6.07, 6.45) is 1.11. The van der Waals surface area contributed by atoms with Crippen LogP contribution in [0, 0.1) is 26.6 Å². The summed E-state index contributed by atoms with van der Waals surface area (Å²) in [5, 5.41) is 0. The fourth-order valence-electron chi connectivity index (χ4n) is 0.0833. The van der Waals surface area contributed by atoms with Gasteiger partial charge < -0.3 is 4.74 Å². The van der Waals surface area contributed by atoms with Crippen molar-refractivity contribution in [3.63, 3.8) is 0 Å². The van der Waals surface area contributed by atoms with Gasteiger partial charge in [-0.25, -0.2) is 4.79 Å². The Kier molecular flexibility index (Phi) is 306. The smallest absolute Gasteiger partial charge is 0 e.